The van der Waals surface area contributed by atoms with E-state index in [1.807, 2.05) is 0 Å². The molecule has 0 bridgehead atoms. The first-order valence-corrected chi connectivity index (χ1v) is 6.91. The van der Waals surface area contributed by atoms with Crippen molar-refractivity contribution in [2.45, 2.75) is 17.7 Å². The van der Waals surface area contributed by atoms with E-state index < -0.39 is 21.8 Å². The molecular weight excluding hydrogens is 295 g/mol. The smallest absolute Gasteiger partial charge is 0.335 e. The third kappa shape index (κ3) is 3.36. The Morgan fingerprint density at radius 3 is 2.65 bits per heavy atom. The molecule has 9 heteroatoms. The standard InChI is InChI=1S/C11H10F3N3O2S/c12-11(13,14)9-3-1-2-8(4-9)5-17-20(18,19)10-6-15-7-16-10/h1-4,6-7,17H,5H2,(H,15,16). The van der Waals surface area contributed by atoms with Crippen molar-refractivity contribution < 1.29 is 21.6 Å². The summed E-state index contributed by atoms with van der Waals surface area (Å²) in [5.41, 5.74) is -0.612. The van der Waals surface area contributed by atoms with Crippen molar-refractivity contribution in [1.29, 1.82) is 0 Å². The summed E-state index contributed by atoms with van der Waals surface area (Å²) in [6.45, 7) is -0.245. The van der Waals surface area contributed by atoms with Crippen LogP contribution in [-0.4, -0.2) is 18.4 Å². The van der Waals surface area contributed by atoms with Crippen LogP contribution in [-0.2, 0) is 22.7 Å². The van der Waals surface area contributed by atoms with Gasteiger partial charge in [0, 0.05) is 6.54 Å². The Morgan fingerprint density at radius 2 is 2.05 bits per heavy atom. The van der Waals surface area contributed by atoms with E-state index in [1.54, 1.807) is 0 Å². The van der Waals surface area contributed by atoms with Crippen LogP contribution in [0.2, 0.25) is 0 Å². The molecule has 0 amide bonds. The highest BCUT2D eigenvalue weighted by Gasteiger charge is 2.30. The van der Waals surface area contributed by atoms with Crippen molar-refractivity contribution in [2.75, 3.05) is 0 Å². The summed E-state index contributed by atoms with van der Waals surface area (Å²) in [6, 6.07) is 4.45. The van der Waals surface area contributed by atoms with E-state index >= 15 is 0 Å². The van der Waals surface area contributed by atoms with Crippen molar-refractivity contribution >= 4 is 10.0 Å². The molecule has 0 aliphatic heterocycles. The van der Waals surface area contributed by atoms with Gasteiger partial charge in [0.1, 0.15) is 0 Å². The number of hydrogen-bond acceptors (Lipinski definition) is 3. The van der Waals surface area contributed by atoms with Gasteiger partial charge in [-0.05, 0) is 11.6 Å². The number of H-pyrrole nitrogens is 1. The fourth-order valence-corrected chi connectivity index (χ4v) is 2.42. The first-order chi connectivity index (χ1) is 9.29. The Balaban J connectivity index is 2.12. The molecule has 2 aromatic rings. The van der Waals surface area contributed by atoms with E-state index in [1.165, 1.54) is 18.5 Å². The average Bonchev–Trinajstić information content (AvgIpc) is 2.90. The lowest BCUT2D eigenvalue weighted by Gasteiger charge is -2.09. The fraction of sp³-hybridized carbons (Fsp3) is 0.182. The van der Waals surface area contributed by atoms with Crippen molar-refractivity contribution in [3.05, 3.63) is 47.9 Å². The number of sulfonamides is 1. The molecule has 0 saturated carbocycles. The van der Waals surface area contributed by atoms with Crippen molar-refractivity contribution in [3.63, 3.8) is 0 Å². The van der Waals surface area contributed by atoms with Gasteiger partial charge in [0.05, 0.1) is 18.1 Å². The SMILES string of the molecule is O=S(=O)(NCc1cccc(C(F)(F)F)c1)c1cnc[nH]1. The molecule has 0 saturated heterocycles. The number of benzene rings is 1. The molecule has 1 aromatic carbocycles. The van der Waals surface area contributed by atoms with Gasteiger partial charge >= 0.3 is 6.18 Å². The predicted octanol–water partition coefficient (Wildman–Crippen LogP) is 1.91. The number of alkyl halides is 3. The van der Waals surface area contributed by atoms with Crippen LogP contribution < -0.4 is 4.72 Å². The minimum atomic E-state index is -4.46. The van der Waals surface area contributed by atoms with Gasteiger partial charge in [0.15, 0.2) is 5.03 Å². The van der Waals surface area contributed by atoms with Crippen LogP contribution in [0.5, 0.6) is 0 Å². The van der Waals surface area contributed by atoms with Crippen molar-refractivity contribution in [3.8, 4) is 0 Å². The molecular formula is C11H10F3N3O2S. The molecule has 1 aromatic heterocycles. The lowest BCUT2D eigenvalue weighted by molar-refractivity contribution is -0.137. The summed E-state index contributed by atoms with van der Waals surface area (Å²) >= 11 is 0. The first-order valence-electron chi connectivity index (χ1n) is 5.43. The molecule has 5 nitrogen and oxygen atoms in total. The second kappa shape index (κ2) is 5.25. The Kier molecular flexibility index (Phi) is 3.82. The summed E-state index contributed by atoms with van der Waals surface area (Å²) in [6.07, 6.45) is -2.16. The van der Waals surface area contributed by atoms with Gasteiger partial charge in [-0.2, -0.15) is 13.2 Å². The molecule has 108 valence electrons. The Labute approximate surface area is 112 Å². The van der Waals surface area contributed by atoms with Gasteiger partial charge in [-0.3, -0.25) is 0 Å². The van der Waals surface area contributed by atoms with Gasteiger partial charge in [0.2, 0.25) is 0 Å². The van der Waals surface area contributed by atoms with Crippen LogP contribution in [0.3, 0.4) is 0 Å². The van der Waals surface area contributed by atoms with E-state index in [0.29, 0.717) is 0 Å². The number of halogens is 3. The lowest BCUT2D eigenvalue weighted by Crippen LogP contribution is -2.23. The van der Waals surface area contributed by atoms with Crippen LogP contribution in [0.25, 0.3) is 0 Å². The first kappa shape index (κ1) is 14.5. The Hall–Kier alpha value is -1.87. The number of nitrogens with zero attached hydrogens (tertiary/aromatic N) is 1. The molecule has 2 rings (SSSR count). The number of nitrogens with one attached hydrogen (secondary N) is 2. The maximum Gasteiger partial charge on any atom is 0.416 e. The van der Waals surface area contributed by atoms with Gasteiger partial charge in [-0.15, -0.1) is 0 Å². The van der Waals surface area contributed by atoms with E-state index in [2.05, 4.69) is 14.7 Å². The van der Waals surface area contributed by atoms with E-state index in [0.717, 1.165) is 18.3 Å². The second-order valence-corrected chi connectivity index (χ2v) is 5.67. The molecule has 20 heavy (non-hydrogen) atoms. The molecule has 0 aliphatic carbocycles. The average molecular weight is 305 g/mol. The second-order valence-electron chi connectivity index (χ2n) is 3.94. The largest absolute Gasteiger partial charge is 0.416 e. The molecule has 0 unspecified atom stereocenters. The third-order valence-corrected chi connectivity index (χ3v) is 3.81. The molecule has 2 N–H and O–H groups in total. The highest BCUT2D eigenvalue weighted by Crippen LogP contribution is 2.29. The van der Waals surface area contributed by atoms with Crippen molar-refractivity contribution in [1.82, 2.24) is 14.7 Å². The van der Waals surface area contributed by atoms with E-state index in [9.17, 15) is 21.6 Å². The van der Waals surface area contributed by atoms with E-state index in [4.69, 9.17) is 0 Å². The normalized spacial score (nSPS) is 12.6. The molecule has 0 spiro atoms. The topological polar surface area (TPSA) is 74.8 Å². The number of hydrogen-bond donors (Lipinski definition) is 2. The van der Waals surface area contributed by atoms with Crippen LogP contribution in [0.15, 0.2) is 41.8 Å². The van der Waals surface area contributed by atoms with Crippen LogP contribution in [0, 0.1) is 0 Å². The molecule has 0 radical (unpaired) electrons. The number of imidazole rings is 1. The molecule has 0 fully saturated rings. The summed E-state index contributed by atoms with van der Waals surface area (Å²) in [7, 11) is -3.81. The Bertz CT molecular complexity index is 681. The van der Waals surface area contributed by atoms with Crippen LogP contribution in [0.1, 0.15) is 11.1 Å². The van der Waals surface area contributed by atoms with Crippen molar-refractivity contribution in [2.24, 2.45) is 0 Å². The third-order valence-electron chi connectivity index (χ3n) is 2.48. The molecule has 1 heterocycles. The highest BCUT2D eigenvalue weighted by atomic mass is 32.2. The fourth-order valence-electron chi connectivity index (χ4n) is 1.50. The van der Waals surface area contributed by atoms with Crippen LogP contribution >= 0.6 is 0 Å². The predicted molar refractivity (Wildman–Crippen MR) is 64.1 cm³/mol. The van der Waals surface area contributed by atoms with Gasteiger partial charge in [-0.1, -0.05) is 18.2 Å². The lowest BCUT2D eigenvalue weighted by atomic mass is 10.1. The van der Waals surface area contributed by atoms with Crippen LogP contribution in [0.4, 0.5) is 13.2 Å². The summed E-state index contributed by atoms with van der Waals surface area (Å²) in [5.74, 6) is 0. The molecule has 0 atom stereocenters. The number of aromatic nitrogens is 2. The monoisotopic (exact) mass is 305 g/mol. The van der Waals surface area contributed by atoms with Gasteiger partial charge in [-0.25, -0.2) is 18.1 Å². The molecule has 0 aliphatic rings. The zero-order valence-electron chi connectivity index (χ0n) is 9.98. The zero-order chi connectivity index (χ0) is 14.8. The minimum Gasteiger partial charge on any atom is -0.335 e. The number of rotatable bonds is 4. The quantitative estimate of drug-likeness (QED) is 0.906. The summed E-state index contributed by atoms with van der Waals surface area (Å²) in [5, 5.41) is -0.149. The van der Waals surface area contributed by atoms with E-state index in [-0.39, 0.29) is 17.1 Å². The van der Waals surface area contributed by atoms with Gasteiger partial charge in [0.25, 0.3) is 10.0 Å². The maximum atomic E-state index is 12.5. The maximum absolute atomic E-state index is 12.5. The number of aromatic amines is 1. The summed E-state index contributed by atoms with van der Waals surface area (Å²) < 4.78 is 63.2. The summed E-state index contributed by atoms with van der Waals surface area (Å²) in [4.78, 5) is 5.97. The van der Waals surface area contributed by atoms with Gasteiger partial charge < -0.3 is 4.98 Å². The minimum absolute atomic E-state index is 0.149. The highest BCUT2D eigenvalue weighted by molar-refractivity contribution is 7.89. The Morgan fingerprint density at radius 1 is 1.30 bits per heavy atom. The zero-order valence-corrected chi connectivity index (χ0v) is 10.8.